The molecule has 2 saturated carbocycles. The van der Waals surface area contributed by atoms with Gasteiger partial charge in [-0.05, 0) is 43.9 Å². The van der Waals surface area contributed by atoms with Gasteiger partial charge in [0.15, 0.2) is 0 Å². The Labute approximate surface area is 144 Å². The number of primary amides is 1. The molecular formula is C17H24N4O4. The summed E-state index contributed by atoms with van der Waals surface area (Å²) in [5.41, 5.74) is 3.33. The molecule has 0 radical (unpaired) electrons. The summed E-state index contributed by atoms with van der Waals surface area (Å²) in [6, 6.07) is 0.122. The molecule has 2 aliphatic carbocycles. The molecule has 4 N–H and O–H groups in total. The van der Waals surface area contributed by atoms with Crippen LogP contribution < -0.4 is 22.3 Å². The number of hydrogen-bond donors (Lipinski definition) is 3. The fourth-order valence-corrected chi connectivity index (χ4v) is 4.41. The first-order valence-corrected chi connectivity index (χ1v) is 8.78. The van der Waals surface area contributed by atoms with Crippen LogP contribution in [0.15, 0.2) is 15.8 Å². The van der Waals surface area contributed by atoms with Gasteiger partial charge in [0.05, 0.1) is 0 Å². The van der Waals surface area contributed by atoms with Gasteiger partial charge in [0.1, 0.15) is 5.56 Å². The van der Waals surface area contributed by atoms with E-state index in [1.807, 2.05) is 11.9 Å². The number of H-pyrrole nitrogens is 1. The van der Waals surface area contributed by atoms with Crippen molar-refractivity contribution in [3.8, 4) is 0 Å². The smallest absolute Gasteiger partial charge is 0.328 e. The van der Waals surface area contributed by atoms with Gasteiger partial charge < -0.3 is 11.1 Å². The van der Waals surface area contributed by atoms with E-state index in [-0.39, 0.29) is 30.5 Å². The first-order valence-electron chi connectivity index (χ1n) is 8.78. The molecule has 2 bridgehead atoms. The third-order valence-electron chi connectivity index (χ3n) is 5.68. The molecule has 0 aliphatic heterocycles. The van der Waals surface area contributed by atoms with Crippen molar-refractivity contribution in [3.05, 3.63) is 32.6 Å². The van der Waals surface area contributed by atoms with Crippen LogP contribution in [0.5, 0.6) is 0 Å². The number of carbonyl (C=O) groups excluding carboxylic acids is 2. The Morgan fingerprint density at radius 2 is 2.12 bits per heavy atom. The monoisotopic (exact) mass is 348 g/mol. The van der Waals surface area contributed by atoms with Crippen molar-refractivity contribution in [1.29, 1.82) is 0 Å². The predicted molar refractivity (Wildman–Crippen MR) is 91.0 cm³/mol. The Kier molecular flexibility index (Phi) is 4.78. The van der Waals surface area contributed by atoms with Crippen LogP contribution in [-0.4, -0.2) is 27.4 Å². The van der Waals surface area contributed by atoms with E-state index in [4.69, 9.17) is 5.73 Å². The summed E-state index contributed by atoms with van der Waals surface area (Å²) in [5.74, 6) is 1.03. The molecule has 1 aromatic heterocycles. The molecule has 2 amide bonds. The number of aromatic amines is 1. The van der Waals surface area contributed by atoms with Crippen LogP contribution in [-0.2, 0) is 11.3 Å². The Morgan fingerprint density at radius 3 is 2.72 bits per heavy atom. The minimum absolute atomic E-state index is 0.0746. The Morgan fingerprint density at radius 1 is 1.36 bits per heavy atom. The van der Waals surface area contributed by atoms with Gasteiger partial charge in [-0.15, -0.1) is 0 Å². The molecule has 2 aliphatic rings. The lowest BCUT2D eigenvalue weighted by Gasteiger charge is -2.28. The maximum atomic E-state index is 12.2. The third-order valence-corrected chi connectivity index (χ3v) is 5.68. The van der Waals surface area contributed by atoms with E-state index in [0.717, 1.165) is 22.6 Å². The maximum Gasteiger partial charge on any atom is 0.328 e. The Bertz CT molecular complexity index is 797. The van der Waals surface area contributed by atoms with Crippen molar-refractivity contribution >= 4 is 11.8 Å². The quantitative estimate of drug-likeness (QED) is 0.667. The highest BCUT2D eigenvalue weighted by molar-refractivity contribution is 5.91. The van der Waals surface area contributed by atoms with Gasteiger partial charge in [0.2, 0.25) is 5.91 Å². The number of aryl methyl sites for hydroxylation is 1. The Balaban J connectivity index is 1.57. The summed E-state index contributed by atoms with van der Waals surface area (Å²) < 4.78 is 1.13. The van der Waals surface area contributed by atoms with E-state index in [0.29, 0.717) is 5.92 Å². The average molecular weight is 348 g/mol. The zero-order valence-electron chi connectivity index (χ0n) is 14.3. The second-order valence-corrected chi connectivity index (χ2v) is 7.30. The van der Waals surface area contributed by atoms with Gasteiger partial charge >= 0.3 is 5.69 Å². The SMILES string of the molecule is CC(NC(=O)CCn1cc(C(N)=O)c(=O)[nH]c1=O)C1CC2CCC1C2. The van der Waals surface area contributed by atoms with Crippen LogP contribution in [0.3, 0.4) is 0 Å². The van der Waals surface area contributed by atoms with Crippen molar-refractivity contribution in [1.82, 2.24) is 14.9 Å². The van der Waals surface area contributed by atoms with Crippen molar-refractivity contribution in [2.75, 3.05) is 0 Å². The lowest BCUT2D eigenvalue weighted by molar-refractivity contribution is -0.122. The maximum absolute atomic E-state index is 12.2. The van der Waals surface area contributed by atoms with Gasteiger partial charge in [-0.3, -0.25) is 23.9 Å². The molecule has 0 spiro atoms. The third kappa shape index (κ3) is 3.67. The zero-order chi connectivity index (χ0) is 18.1. The Hall–Kier alpha value is -2.38. The highest BCUT2D eigenvalue weighted by atomic mass is 16.2. The number of hydrogen-bond acceptors (Lipinski definition) is 4. The minimum atomic E-state index is -0.913. The fourth-order valence-electron chi connectivity index (χ4n) is 4.41. The zero-order valence-corrected chi connectivity index (χ0v) is 14.3. The summed E-state index contributed by atoms with van der Waals surface area (Å²) in [7, 11) is 0. The number of rotatable bonds is 6. The van der Waals surface area contributed by atoms with Crippen molar-refractivity contribution < 1.29 is 9.59 Å². The largest absolute Gasteiger partial charge is 0.365 e. The van der Waals surface area contributed by atoms with E-state index < -0.39 is 17.2 Å². The average Bonchev–Trinajstić information content (AvgIpc) is 3.16. The first kappa shape index (κ1) is 17.4. The molecule has 4 unspecified atom stereocenters. The minimum Gasteiger partial charge on any atom is -0.365 e. The van der Waals surface area contributed by atoms with Gasteiger partial charge in [-0.2, -0.15) is 0 Å². The van der Waals surface area contributed by atoms with Crippen molar-refractivity contribution in [2.24, 2.45) is 23.5 Å². The van der Waals surface area contributed by atoms with Crippen LogP contribution in [0.2, 0.25) is 0 Å². The van der Waals surface area contributed by atoms with Crippen molar-refractivity contribution in [3.63, 3.8) is 0 Å². The molecule has 8 nitrogen and oxygen atoms in total. The van der Waals surface area contributed by atoms with Crippen LogP contribution in [0.1, 0.15) is 49.4 Å². The second kappa shape index (κ2) is 6.85. The molecular weight excluding hydrogens is 324 g/mol. The molecule has 0 saturated heterocycles. The van der Waals surface area contributed by atoms with E-state index in [1.54, 1.807) is 0 Å². The van der Waals surface area contributed by atoms with Crippen LogP contribution >= 0.6 is 0 Å². The number of aromatic nitrogens is 2. The summed E-state index contributed by atoms with van der Waals surface area (Å²) in [6.07, 6.45) is 6.25. The van der Waals surface area contributed by atoms with Gasteiger partial charge in [-0.1, -0.05) is 6.42 Å². The molecule has 4 atom stereocenters. The van der Waals surface area contributed by atoms with Gasteiger partial charge in [0, 0.05) is 25.2 Å². The van der Waals surface area contributed by atoms with Crippen LogP contribution in [0.25, 0.3) is 0 Å². The number of fused-ring (bicyclic) bond motifs is 2. The standard InChI is InChI=1S/C17H24N4O4/c1-9(12-7-10-2-3-11(12)6-10)19-14(22)4-5-21-8-13(15(18)23)16(24)20-17(21)25/h8-12H,2-7H2,1H3,(H2,18,23)(H,19,22)(H,20,24,25). The number of nitrogens with one attached hydrogen (secondary N) is 2. The van der Waals surface area contributed by atoms with Gasteiger partial charge in [-0.25, -0.2) is 4.79 Å². The summed E-state index contributed by atoms with van der Waals surface area (Å²) in [5, 5.41) is 3.03. The number of amides is 2. The predicted octanol–water partition coefficient (Wildman–Crippen LogP) is -0.0335. The lowest BCUT2D eigenvalue weighted by atomic mass is 9.84. The van der Waals surface area contributed by atoms with E-state index in [2.05, 4.69) is 5.32 Å². The fraction of sp³-hybridized carbons (Fsp3) is 0.647. The first-order chi connectivity index (χ1) is 11.8. The number of carbonyl (C=O) groups is 2. The summed E-state index contributed by atoms with van der Waals surface area (Å²) in [6.45, 7) is 2.12. The van der Waals surface area contributed by atoms with Crippen molar-refractivity contribution in [2.45, 2.75) is 51.6 Å². The number of nitrogens with two attached hydrogens (primary N) is 1. The molecule has 1 heterocycles. The molecule has 8 heteroatoms. The lowest BCUT2D eigenvalue weighted by Crippen LogP contribution is -2.41. The summed E-state index contributed by atoms with van der Waals surface area (Å²) >= 11 is 0. The van der Waals surface area contributed by atoms with E-state index in [9.17, 15) is 19.2 Å². The molecule has 3 rings (SSSR count). The summed E-state index contributed by atoms with van der Waals surface area (Å²) in [4.78, 5) is 48.7. The molecule has 25 heavy (non-hydrogen) atoms. The molecule has 136 valence electrons. The molecule has 2 fully saturated rings. The van der Waals surface area contributed by atoms with Crippen LogP contribution in [0.4, 0.5) is 0 Å². The highest BCUT2D eigenvalue weighted by Crippen LogP contribution is 2.49. The molecule has 0 aromatic carbocycles. The topological polar surface area (TPSA) is 127 Å². The highest BCUT2D eigenvalue weighted by Gasteiger charge is 2.42. The van der Waals surface area contributed by atoms with E-state index in [1.165, 1.54) is 25.7 Å². The van der Waals surface area contributed by atoms with Gasteiger partial charge in [0.25, 0.3) is 11.5 Å². The second-order valence-electron chi connectivity index (χ2n) is 7.30. The number of nitrogens with zero attached hydrogens (tertiary/aromatic N) is 1. The van der Waals surface area contributed by atoms with E-state index >= 15 is 0 Å². The normalized spacial score (nSPS) is 25.7. The van der Waals surface area contributed by atoms with Crippen LogP contribution in [0, 0.1) is 17.8 Å². The molecule has 1 aromatic rings.